The first-order valence-corrected chi connectivity index (χ1v) is 9.40. The third-order valence-corrected chi connectivity index (χ3v) is 5.15. The third-order valence-electron chi connectivity index (χ3n) is 4.22. The highest BCUT2D eigenvalue weighted by Gasteiger charge is 2.22. The number of nitrogens with zero attached hydrogens (tertiary/aromatic N) is 3. The van der Waals surface area contributed by atoms with Gasteiger partial charge in [-0.3, -0.25) is 9.59 Å². The molecule has 0 N–H and O–H groups in total. The summed E-state index contributed by atoms with van der Waals surface area (Å²) in [6.07, 6.45) is 6.00. The third kappa shape index (κ3) is 4.01. The van der Waals surface area contributed by atoms with Crippen LogP contribution in [0.5, 0.6) is 0 Å². The molecule has 1 fully saturated rings. The van der Waals surface area contributed by atoms with E-state index < -0.39 is 0 Å². The van der Waals surface area contributed by atoms with E-state index >= 15 is 0 Å². The average molecular weight is 349 g/mol. The minimum atomic E-state index is -0.227. The molecule has 2 heterocycles. The molecule has 2 aromatic rings. The molecule has 0 aromatic carbocycles. The maximum atomic E-state index is 12.2. The summed E-state index contributed by atoms with van der Waals surface area (Å²) in [5.41, 5.74) is 0.263. The standard InChI is InChI=1S/C17H23N3O3S/c1-11(2)8-14-19-20-15(21)9-13(18-17(20)24-14)10-23-16(22)12-6-4-3-5-7-12/h9,11-12H,3-8,10H2,1-2H3. The van der Waals surface area contributed by atoms with Gasteiger partial charge >= 0.3 is 5.97 Å². The molecule has 1 aliphatic rings. The highest BCUT2D eigenvalue weighted by atomic mass is 32.1. The second-order valence-electron chi connectivity index (χ2n) is 6.82. The molecule has 3 rings (SSSR count). The molecule has 0 spiro atoms. The van der Waals surface area contributed by atoms with Gasteiger partial charge in [0.2, 0.25) is 4.96 Å². The Labute approximate surface area is 144 Å². The van der Waals surface area contributed by atoms with Gasteiger partial charge in [-0.25, -0.2) is 4.98 Å². The summed E-state index contributed by atoms with van der Waals surface area (Å²) in [4.78, 5) is 29.3. The first-order valence-electron chi connectivity index (χ1n) is 8.58. The van der Waals surface area contributed by atoms with Gasteiger partial charge in [0.15, 0.2) is 0 Å². The number of hydrogen-bond acceptors (Lipinski definition) is 6. The minimum absolute atomic E-state index is 0.00428. The predicted molar refractivity (Wildman–Crippen MR) is 92.0 cm³/mol. The SMILES string of the molecule is CC(C)Cc1nn2c(=O)cc(COC(=O)C3CCCCC3)nc2s1. The molecule has 0 saturated heterocycles. The fourth-order valence-electron chi connectivity index (χ4n) is 3.00. The maximum Gasteiger partial charge on any atom is 0.309 e. The molecule has 0 amide bonds. The summed E-state index contributed by atoms with van der Waals surface area (Å²) >= 11 is 1.42. The van der Waals surface area contributed by atoms with E-state index in [0.29, 0.717) is 16.6 Å². The van der Waals surface area contributed by atoms with Crippen molar-refractivity contribution in [1.29, 1.82) is 0 Å². The summed E-state index contributed by atoms with van der Waals surface area (Å²) in [5, 5.41) is 5.21. The normalized spacial score (nSPS) is 16.0. The molecule has 7 heteroatoms. The van der Waals surface area contributed by atoms with Crippen LogP contribution in [0.1, 0.15) is 56.7 Å². The molecule has 130 valence electrons. The molecular formula is C17H23N3O3S. The molecule has 1 aliphatic carbocycles. The summed E-state index contributed by atoms with van der Waals surface area (Å²) < 4.78 is 6.71. The molecule has 0 aliphatic heterocycles. The van der Waals surface area contributed by atoms with Gasteiger partial charge in [0, 0.05) is 12.5 Å². The zero-order valence-electron chi connectivity index (χ0n) is 14.2. The smallest absolute Gasteiger partial charge is 0.309 e. The molecular weight excluding hydrogens is 326 g/mol. The molecule has 6 nitrogen and oxygen atoms in total. The van der Waals surface area contributed by atoms with Crippen molar-refractivity contribution in [2.75, 3.05) is 0 Å². The average Bonchev–Trinajstić information content (AvgIpc) is 2.95. The lowest BCUT2D eigenvalue weighted by Crippen LogP contribution is -2.21. The van der Waals surface area contributed by atoms with Crippen molar-refractivity contribution in [3.63, 3.8) is 0 Å². The molecule has 0 unspecified atom stereocenters. The molecule has 0 radical (unpaired) electrons. The monoisotopic (exact) mass is 349 g/mol. The van der Waals surface area contributed by atoms with Crippen LogP contribution in [0.4, 0.5) is 0 Å². The Hall–Kier alpha value is -1.76. The molecule has 0 bridgehead atoms. The number of esters is 1. The van der Waals surface area contributed by atoms with Crippen LogP contribution < -0.4 is 5.56 Å². The van der Waals surface area contributed by atoms with Gasteiger partial charge in [0.25, 0.3) is 5.56 Å². The Kier molecular flexibility index (Phi) is 5.28. The summed E-state index contributed by atoms with van der Waals surface area (Å²) in [7, 11) is 0. The Bertz CT molecular complexity index is 775. The summed E-state index contributed by atoms with van der Waals surface area (Å²) in [5.74, 6) is 0.309. The van der Waals surface area contributed by atoms with Crippen LogP contribution >= 0.6 is 11.3 Å². The fraction of sp³-hybridized carbons (Fsp3) is 0.647. The van der Waals surface area contributed by atoms with E-state index in [1.54, 1.807) is 0 Å². The first kappa shape index (κ1) is 17.1. The van der Waals surface area contributed by atoms with Crippen LogP contribution in [0.25, 0.3) is 4.96 Å². The number of aromatic nitrogens is 3. The first-order chi connectivity index (χ1) is 11.5. The number of carbonyl (C=O) groups is 1. The number of hydrogen-bond donors (Lipinski definition) is 0. The van der Waals surface area contributed by atoms with Crippen LogP contribution in [0.3, 0.4) is 0 Å². The van der Waals surface area contributed by atoms with Crippen molar-refractivity contribution < 1.29 is 9.53 Å². The zero-order valence-corrected chi connectivity index (χ0v) is 15.0. The number of rotatable bonds is 5. The van der Waals surface area contributed by atoms with Crippen molar-refractivity contribution in [3.05, 3.63) is 27.1 Å². The Morgan fingerprint density at radius 3 is 2.83 bits per heavy atom. The van der Waals surface area contributed by atoms with Gasteiger partial charge < -0.3 is 4.74 Å². The van der Waals surface area contributed by atoms with E-state index in [-0.39, 0.29) is 24.1 Å². The molecule has 0 atom stereocenters. The lowest BCUT2D eigenvalue weighted by atomic mass is 9.89. The van der Waals surface area contributed by atoms with Crippen molar-refractivity contribution in [2.45, 2.75) is 59.0 Å². The second-order valence-corrected chi connectivity index (χ2v) is 7.86. The van der Waals surface area contributed by atoms with Crippen molar-refractivity contribution in [2.24, 2.45) is 11.8 Å². The van der Waals surface area contributed by atoms with E-state index in [1.165, 1.54) is 28.3 Å². The predicted octanol–water partition coefficient (Wildman–Crippen LogP) is 2.97. The van der Waals surface area contributed by atoms with Crippen LogP contribution in [0.15, 0.2) is 10.9 Å². The van der Waals surface area contributed by atoms with Gasteiger partial charge in [0.05, 0.1) is 11.6 Å². The second kappa shape index (κ2) is 7.42. The van der Waals surface area contributed by atoms with Gasteiger partial charge in [0.1, 0.15) is 11.6 Å². The highest BCUT2D eigenvalue weighted by Crippen LogP contribution is 2.25. The number of ether oxygens (including phenoxy) is 1. The lowest BCUT2D eigenvalue weighted by Gasteiger charge is -2.19. The Morgan fingerprint density at radius 1 is 1.38 bits per heavy atom. The van der Waals surface area contributed by atoms with Crippen molar-refractivity contribution in [1.82, 2.24) is 14.6 Å². The van der Waals surface area contributed by atoms with Crippen LogP contribution in [0.2, 0.25) is 0 Å². The Balaban J connectivity index is 1.70. The van der Waals surface area contributed by atoms with Gasteiger partial charge in [-0.05, 0) is 18.8 Å². The summed E-state index contributed by atoms with van der Waals surface area (Å²) in [6.45, 7) is 4.27. The van der Waals surface area contributed by atoms with Crippen molar-refractivity contribution in [3.8, 4) is 0 Å². The van der Waals surface area contributed by atoms with E-state index in [0.717, 1.165) is 37.1 Å². The van der Waals surface area contributed by atoms with Crippen LogP contribution in [-0.2, 0) is 22.6 Å². The molecule has 1 saturated carbocycles. The zero-order chi connectivity index (χ0) is 17.1. The van der Waals surface area contributed by atoms with Crippen LogP contribution in [-0.4, -0.2) is 20.6 Å². The maximum absolute atomic E-state index is 12.2. The molecule has 2 aromatic heterocycles. The summed E-state index contributed by atoms with van der Waals surface area (Å²) in [6, 6.07) is 1.40. The quantitative estimate of drug-likeness (QED) is 0.776. The Morgan fingerprint density at radius 2 is 2.12 bits per heavy atom. The van der Waals surface area contributed by atoms with Crippen molar-refractivity contribution >= 4 is 22.3 Å². The lowest BCUT2D eigenvalue weighted by molar-refractivity contribution is -0.151. The fourth-order valence-corrected chi connectivity index (χ4v) is 4.13. The highest BCUT2D eigenvalue weighted by molar-refractivity contribution is 7.16. The van der Waals surface area contributed by atoms with Gasteiger partial charge in [-0.2, -0.15) is 9.61 Å². The van der Waals surface area contributed by atoms with E-state index in [9.17, 15) is 9.59 Å². The van der Waals surface area contributed by atoms with E-state index in [2.05, 4.69) is 23.9 Å². The van der Waals surface area contributed by atoms with Gasteiger partial charge in [-0.15, -0.1) is 0 Å². The largest absolute Gasteiger partial charge is 0.459 e. The van der Waals surface area contributed by atoms with Crippen LogP contribution in [0, 0.1) is 11.8 Å². The van der Waals surface area contributed by atoms with E-state index in [1.807, 2.05) is 0 Å². The number of fused-ring (bicyclic) bond motifs is 1. The topological polar surface area (TPSA) is 73.6 Å². The minimum Gasteiger partial charge on any atom is -0.459 e. The van der Waals surface area contributed by atoms with Gasteiger partial charge in [-0.1, -0.05) is 44.4 Å². The number of carbonyl (C=O) groups excluding carboxylic acids is 1. The van der Waals surface area contributed by atoms with E-state index in [4.69, 9.17) is 4.74 Å². The molecule has 24 heavy (non-hydrogen) atoms.